The third-order valence-corrected chi connectivity index (χ3v) is 2.76. The number of aryl methyl sites for hydroxylation is 2. The van der Waals surface area contributed by atoms with Crippen molar-refractivity contribution in [2.24, 2.45) is 0 Å². The summed E-state index contributed by atoms with van der Waals surface area (Å²) in [6.07, 6.45) is 5.14. The Bertz CT molecular complexity index is 482. The van der Waals surface area contributed by atoms with Crippen molar-refractivity contribution in [1.82, 2.24) is 9.55 Å². The van der Waals surface area contributed by atoms with Crippen LogP contribution in [0.15, 0.2) is 36.9 Å². The molecule has 0 saturated carbocycles. The van der Waals surface area contributed by atoms with Crippen LogP contribution in [0.3, 0.4) is 0 Å². The van der Waals surface area contributed by atoms with Gasteiger partial charge >= 0.3 is 0 Å². The molecule has 0 atom stereocenters. The first-order valence-electron chi connectivity index (χ1n) is 5.92. The molecule has 0 fully saturated rings. The Labute approximate surface area is 96.6 Å². The van der Waals surface area contributed by atoms with Crippen LogP contribution in [0.5, 0.6) is 0 Å². The number of fused-ring (bicyclic) bond motifs is 1. The van der Waals surface area contributed by atoms with Crippen LogP contribution in [0, 0.1) is 0 Å². The topological polar surface area (TPSA) is 17.8 Å². The number of para-hydroxylation sites is 2. The van der Waals surface area contributed by atoms with Crippen LogP contribution in [-0.4, -0.2) is 9.55 Å². The maximum Gasteiger partial charge on any atom is 0.109 e. The van der Waals surface area contributed by atoms with Crippen molar-refractivity contribution in [3.63, 3.8) is 0 Å². The summed E-state index contributed by atoms with van der Waals surface area (Å²) in [7, 11) is 0. The number of allylic oxidation sites excluding steroid dienone is 1. The number of aromatic nitrogens is 2. The van der Waals surface area contributed by atoms with Crippen LogP contribution in [0.4, 0.5) is 0 Å². The second kappa shape index (κ2) is 4.97. The SMILES string of the molecule is C=CCCn1c(CCC)nc2ccccc21. The molecule has 0 saturated heterocycles. The summed E-state index contributed by atoms with van der Waals surface area (Å²) in [5.41, 5.74) is 2.35. The van der Waals surface area contributed by atoms with Gasteiger partial charge in [0.1, 0.15) is 5.82 Å². The zero-order valence-electron chi connectivity index (χ0n) is 9.82. The zero-order chi connectivity index (χ0) is 11.4. The van der Waals surface area contributed by atoms with Gasteiger partial charge in [-0.3, -0.25) is 0 Å². The third-order valence-electron chi connectivity index (χ3n) is 2.76. The Kier molecular flexibility index (Phi) is 3.40. The van der Waals surface area contributed by atoms with Crippen molar-refractivity contribution in [3.8, 4) is 0 Å². The van der Waals surface area contributed by atoms with E-state index in [1.807, 2.05) is 12.1 Å². The number of nitrogens with zero attached hydrogens (tertiary/aromatic N) is 2. The largest absolute Gasteiger partial charge is 0.328 e. The highest BCUT2D eigenvalue weighted by molar-refractivity contribution is 5.75. The molecule has 2 rings (SSSR count). The van der Waals surface area contributed by atoms with Gasteiger partial charge in [-0.25, -0.2) is 4.98 Å². The maximum atomic E-state index is 4.68. The maximum absolute atomic E-state index is 4.68. The van der Waals surface area contributed by atoms with E-state index in [9.17, 15) is 0 Å². The molecular formula is C14H18N2. The average molecular weight is 214 g/mol. The quantitative estimate of drug-likeness (QED) is 0.696. The fraction of sp³-hybridized carbons (Fsp3) is 0.357. The van der Waals surface area contributed by atoms with Gasteiger partial charge in [-0.05, 0) is 25.0 Å². The summed E-state index contributed by atoms with van der Waals surface area (Å²) in [6.45, 7) is 6.96. The van der Waals surface area contributed by atoms with E-state index >= 15 is 0 Å². The molecular weight excluding hydrogens is 196 g/mol. The van der Waals surface area contributed by atoms with Gasteiger partial charge in [0.2, 0.25) is 0 Å². The first-order chi connectivity index (χ1) is 7.86. The second-order valence-electron chi connectivity index (χ2n) is 4.00. The molecule has 0 N–H and O–H groups in total. The Hall–Kier alpha value is -1.57. The minimum atomic E-state index is 0.985. The number of hydrogen-bond acceptors (Lipinski definition) is 1. The lowest BCUT2D eigenvalue weighted by Crippen LogP contribution is -2.03. The van der Waals surface area contributed by atoms with Crippen LogP contribution in [0.2, 0.25) is 0 Å². The predicted molar refractivity (Wildman–Crippen MR) is 68.5 cm³/mol. The van der Waals surface area contributed by atoms with Crippen LogP contribution in [0.1, 0.15) is 25.6 Å². The molecule has 0 radical (unpaired) electrons. The molecule has 1 aromatic carbocycles. The van der Waals surface area contributed by atoms with E-state index in [0.29, 0.717) is 0 Å². The molecule has 0 unspecified atom stereocenters. The highest BCUT2D eigenvalue weighted by Gasteiger charge is 2.08. The van der Waals surface area contributed by atoms with E-state index in [2.05, 4.69) is 41.3 Å². The lowest BCUT2D eigenvalue weighted by molar-refractivity contribution is 0.668. The molecule has 16 heavy (non-hydrogen) atoms. The van der Waals surface area contributed by atoms with Gasteiger partial charge in [-0.1, -0.05) is 25.1 Å². The van der Waals surface area contributed by atoms with E-state index < -0.39 is 0 Å². The minimum Gasteiger partial charge on any atom is -0.328 e. The fourth-order valence-electron chi connectivity index (χ4n) is 2.01. The number of rotatable bonds is 5. The Balaban J connectivity index is 2.46. The van der Waals surface area contributed by atoms with Crippen LogP contribution in [-0.2, 0) is 13.0 Å². The van der Waals surface area contributed by atoms with Gasteiger partial charge in [-0.15, -0.1) is 6.58 Å². The average Bonchev–Trinajstić information content (AvgIpc) is 2.65. The van der Waals surface area contributed by atoms with Crippen molar-refractivity contribution in [2.75, 3.05) is 0 Å². The lowest BCUT2D eigenvalue weighted by Gasteiger charge is -2.06. The van der Waals surface area contributed by atoms with Crippen LogP contribution >= 0.6 is 0 Å². The molecule has 0 amide bonds. The Morgan fingerprint density at radius 1 is 1.38 bits per heavy atom. The van der Waals surface area contributed by atoms with Crippen molar-refractivity contribution in [1.29, 1.82) is 0 Å². The van der Waals surface area contributed by atoms with Crippen molar-refractivity contribution in [2.45, 2.75) is 32.7 Å². The van der Waals surface area contributed by atoms with E-state index in [1.165, 1.54) is 11.3 Å². The molecule has 0 aliphatic heterocycles. The molecule has 0 bridgehead atoms. The van der Waals surface area contributed by atoms with Gasteiger partial charge < -0.3 is 4.57 Å². The van der Waals surface area contributed by atoms with Gasteiger partial charge in [0.15, 0.2) is 0 Å². The summed E-state index contributed by atoms with van der Waals surface area (Å²) in [5.74, 6) is 1.20. The number of hydrogen-bond donors (Lipinski definition) is 0. The molecule has 2 aromatic rings. The summed E-state index contributed by atoms with van der Waals surface area (Å²) in [4.78, 5) is 4.68. The van der Waals surface area contributed by atoms with E-state index in [1.54, 1.807) is 0 Å². The van der Waals surface area contributed by atoms with Gasteiger partial charge in [0, 0.05) is 13.0 Å². The third kappa shape index (κ3) is 2.01. The molecule has 0 aliphatic rings. The van der Waals surface area contributed by atoms with Crippen LogP contribution in [0.25, 0.3) is 11.0 Å². The number of imidazole rings is 1. The summed E-state index contributed by atoms with van der Waals surface area (Å²) < 4.78 is 2.32. The fourth-order valence-corrected chi connectivity index (χ4v) is 2.01. The standard InChI is InChI=1S/C14H18N2/c1-3-5-11-16-13-10-7-6-9-12(13)15-14(16)8-4-2/h3,6-7,9-10H,1,4-5,8,11H2,2H3. The Morgan fingerprint density at radius 2 is 2.19 bits per heavy atom. The second-order valence-corrected chi connectivity index (χ2v) is 4.00. The lowest BCUT2D eigenvalue weighted by atomic mass is 10.3. The highest BCUT2D eigenvalue weighted by Crippen LogP contribution is 2.17. The molecule has 0 spiro atoms. The first kappa shape index (κ1) is 10.9. The first-order valence-corrected chi connectivity index (χ1v) is 5.92. The normalized spacial score (nSPS) is 10.8. The molecule has 0 aliphatic carbocycles. The van der Waals surface area contributed by atoms with Crippen molar-refractivity contribution in [3.05, 3.63) is 42.7 Å². The molecule has 1 heterocycles. The van der Waals surface area contributed by atoms with Gasteiger partial charge in [0.25, 0.3) is 0 Å². The predicted octanol–water partition coefficient (Wildman–Crippen LogP) is 3.56. The molecule has 84 valence electrons. The molecule has 2 nitrogen and oxygen atoms in total. The summed E-state index contributed by atoms with van der Waals surface area (Å²) >= 11 is 0. The monoisotopic (exact) mass is 214 g/mol. The zero-order valence-corrected chi connectivity index (χ0v) is 9.82. The van der Waals surface area contributed by atoms with E-state index in [-0.39, 0.29) is 0 Å². The Morgan fingerprint density at radius 3 is 2.94 bits per heavy atom. The molecule has 2 heteroatoms. The van der Waals surface area contributed by atoms with Gasteiger partial charge in [-0.2, -0.15) is 0 Å². The van der Waals surface area contributed by atoms with Crippen molar-refractivity contribution >= 4 is 11.0 Å². The van der Waals surface area contributed by atoms with E-state index in [0.717, 1.165) is 31.3 Å². The summed E-state index contributed by atoms with van der Waals surface area (Å²) in [5, 5.41) is 0. The molecule has 1 aromatic heterocycles. The highest BCUT2D eigenvalue weighted by atomic mass is 15.1. The summed E-state index contributed by atoms with van der Waals surface area (Å²) in [6, 6.07) is 8.34. The van der Waals surface area contributed by atoms with Crippen LogP contribution < -0.4 is 0 Å². The smallest absolute Gasteiger partial charge is 0.109 e. The van der Waals surface area contributed by atoms with Crippen molar-refractivity contribution < 1.29 is 0 Å². The van der Waals surface area contributed by atoms with E-state index in [4.69, 9.17) is 0 Å². The minimum absolute atomic E-state index is 0.985. The van der Waals surface area contributed by atoms with Gasteiger partial charge in [0.05, 0.1) is 11.0 Å². The number of benzene rings is 1.